The molecule has 0 fully saturated rings. The van der Waals surface area contributed by atoms with Gasteiger partial charge in [0, 0.05) is 43.8 Å². The fourth-order valence-corrected chi connectivity index (χ4v) is 2.05. The lowest BCUT2D eigenvalue weighted by molar-refractivity contribution is 0.0952. The Morgan fingerprint density at radius 1 is 1.40 bits per heavy atom. The second kappa shape index (κ2) is 6.75. The molecule has 0 saturated carbocycles. The van der Waals surface area contributed by atoms with Gasteiger partial charge in [0.25, 0.3) is 5.91 Å². The van der Waals surface area contributed by atoms with Crippen molar-refractivity contribution < 1.29 is 4.79 Å². The van der Waals surface area contributed by atoms with Gasteiger partial charge in [0.1, 0.15) is 0 Å². The van der Waals surface area contributed by atoms with E-state index < -0.39 is 0 Å². The molecule has 0 saturated heterocycles. The summed E-state index contributed by atoms with van der Waals surface area (Å²) in [5.41, 5.74) is 2.72. The maximum Gasteiger partial charge on any atom is 0.251 e. The predicted molar refractivity (Wildman–Crippen MR) is 79.9 cm³/mol. The molecule has 2 N–H and O–H groups in total. The van der Waals surface area contributed by atoms with Crippen molar-refractivity contribution in [2.45, 2.75) is 19.9 Å². The molecule has 0 unspecified atom stereocenters. The van der Waals surface area contributed by atoms with Crippen LogP contribution in [-0.4, -0.2) is 29.1 Å². The molecular weight excluding hydrogens is 252 g/mol. The summed E-state index contributed by atoms with van der Waals surface area (Å²) in [6.07, 6.45) is 6.34. The van der Waals surface area contributed by atoms with Gasteiger partial charge in [-0.1, -0.05) is 0 Å². The molecular formula is C15H20N4O. The van der Waals surface area contributed by atoms with E-state index in [1.54, 1.807) is 12.5 Å². The number of aromatic nitrogens is 2. The van der Waals surface area contributed by atoms with Crippen LogP contribution in [0.15, 0.2) is 36.9 Å². The van der Waals surface area contributed by atoms with Crippen molar-refractivity contribution in [3.63, 3.8) is 0 Å². The Balaban J connectivity index is 1.82. The third kappa shape index (κ3) is 3.60. The van der Waals surface area contributed by atoms with Crippen LogP contribution in [0.1, 0.15) is 22.3 Å². The zero-order valence-electron chi connectivity index (χ0n) is 11.9. The zero-order chi connectivity index (χ0) is 14.4. The second-order valence-electron chi connectivity index (χ2n) is 4.69. The Morgan fingerprint density at radius 2 is 2.25 bits per heavy atom. The van der Waals surface area contributed by atoms with E-state index in [4.69, 9.17) is 0 Å². The van der Waals surface area contributed by atoms with Crippen LogP contribution in [0.25, 0.3) is 0 Å². The molecule has 2 rings (SSSR count). The molecule has 0 radical (unpaired) electrons. The summed E-state index contributed by atoms with van der Waals surface area (Å²) in [6, 6.07) is 5.74. The first-order valence-electron chi connectivity index (χ1n) is 6.73. The Bertz CT molecular complexity index is 563. The molecule has 1 heterocycles. The molecule has 20 heavy (non-hydrogen) atoms. The van der Waals surface area contributed by atoms with Crippen molar-refractivity contribution in [2.75, 3.05) is 18.9 Å². The van der Waals surface area contributed by atoms with Crippen molar-refractivity contribution >= 4 is 11.6 Å². The highest BCUT2D eigenvalue weighted by Crippen LogP contribution is 2.14. The van der Waals surface area contributed by atoms with Gasteiger partial charge >= 0.3 is 0 Å². The van der Waals surface area contributed by atoms with Gasteiger partial charge in [0.2, 0.25) is 0 Å². The standard InChI is InChI=1S/C15H20N4O/c1-12-10-13(16-2)4-5-14(12)15(20)18-6-3-8-19-9-7-17-11-19/h4-5,7,9-11,16H,3,6,8H2,1-2H3,(H,18,20). The molecule has 0 aliphatic carbocycles. The molecule has 0 atom stereocenters. The van der Waals surface area contributed by atoms with E-state index in [0.717, 1.165) is 29.8 Å². The van der Waals surface area contributed by atoms with Gasteiger partial charge in [-0.2, -0.15) is 0 Å². The minimum absolute atomic E-state index is 0.0178. The van der Waals surface area contributed by atoms with Crippen LogP contribution < -0.4 is 10.6 Å². The highest BCUT2D eigenvalue weighted by molar-refractivity contribution is 5.96. The van der Waals surface area contributed by atoms with Crippen molar-refractivity contribution in [1.29, 1.82) is 0 Å². The van der Waals surface area contributed by atoms with E-state index in [9.17, 15) is 4.79 Å². The number of carbonyl (C=O) groups is 1. The van der Waals surface area contributed by atoms with Crippen LogP contribution in [0.5, 0.6) is 0 Å². The largest absolute Gasteiger partial charge is 0.388 e. The fourth-order valence-electron chi connectivity index (χ4n) is 2.05. The van der Waals surface area contributed by atoms with Crippen molar-refractivity contribution in [2.24, 2.45) is 0 Å². The van der Waals surface area contributed by atoms with Gasteiger partial charge in [-0.15, -0.1) is 0 Å². The third-order valence-electron chi connectivity index (χ3n) is 3.20. The summed E-state index contributed by atoms with van der Waals surface area (Å²) < 4.78 is 2.00. The molecule has 5 nitrogen and oxygen atoms in total. The Morgan fingerprint density at radius 3 is 2.90 bits per heavy atom. The SMILES string of the molecule is CNc1ccc(C(=O)NCCCn2ccnc2)c(C)c1. The summed E-state index contributed by atoms with van der Waals surface area (Å²) in [6.45, 7) is 3.46. The first-order chi connectivity index (χ1) is 9.70. The number of hydrogen-bond donors (Lipinski definition) is 2. The van der Waals surface area contributed by atoms with E-state index >= 15 is 0 Å². The second-order valence-corrected chi connectivity index (χ2v) is 4.69. The normalized spacial score (nSPS) is 10.3. The molecule has 1 amide bonds. The lowest BCUT2D eigenvalue weighted by Gasteiger charge is -2.09. The molecule has 106 valence electrons. The third-order valence-corrected chi connectivity index (χ3v) is 3.20. The molecule has 1 aromatic carbocycles. The predicted octanol–water partition coefficient (Wildman–Crippen LogP) is 2.05. The Kier molecular flexibility index (Phi) is 4.76. The highest BCUT2D eigenvalue weighted by atomic mass is 16.1. The van der Waals surface area contributed by atoms with E-state index in [1.165, 1.54) is 0 Å². The van der Waals surface area contributed by atoms with Crippen molar-refractivity contribution in [1.82, 2.24) is 14.9 Å². The zero-order valence-corrected chi connectivity index (χ0v) is 11.9. The highest BCUT2D eigenvalue weighted by Gasteiger charge is 2.08. The van der Waals surface area contributed by atoms with Gasteiger partial charge in [0.15, 0.2) is 0 Å². The lowest BCUT2D eigenvalue weighted by atomic mass is 10.1. The summed E-state index contributed by atoms with van der Waals surface area (Å²) in [5, 5.41) is 6.01. The topological polar surface area (TPSA) is 59.0 Å². The van der Waals surface area contributed by atoms with Gasteiger partial charge in [-0.05, 0) is 37.1 Å². The first-order valence-corrected chi connectivity index (χ1v) is 6.73. The van der Waals surface area contributed by atoms with Crippen LogP contribution in [0.3, 0.4) is 0 Å². The number of nitrogens with zero attached hydrogens (tertiary/aromatic N) is 2. The Hall–Kier alpha value is -2.30. The van der Waals surface area contributed by atoms with Crippen LogP contribution >= 0.6 is 0 Å². The van der Waals surface area contributed by atoms with Gasteiger partial charge in [0.05, 0.1) is 6.33 Å². The number of anilines is 1. The maximum atomic E-state index is 12.1. The molecule has 1 aromatic heterocycles. The van der Waals surface area contributed by atoms with Crippen LogP contribution in [0.2, 0.25) is 0 Å². The molecule has 5 heteroatoms. The van der Waals surface area contributed by atoms with E-state index in [1.807, 2.05) is 42.9 Å². The number of hydrogen-bond acceptors (Lipinski definition) is 3. The van der Waals surface area contributed by atoms with E-state index in [2.05, 4.69) is 15.6 Å². The van der Waals surface area contributed by atoms with Crippen LogP contribution in [-0.2, 0) is 6.54 Å². The number of carbonyl (C=O) groups excluding carboxylic acids is 1. The summed E-state index contributed by atoms with van der Waals surface area (Å²) in [7, 11) is 1.87. The minimum Gasteiger partial charge on any atom is -0.388 e. The van der Waals surface area contributed by atoms with Crippen LogP contribution in [0.4, 0.5) is 5.69 Å². The average molecular weight is 272 g/mol. The van der Waals surface area contributed by atoms with Crippen molar-refractivity contribution in [3.8, 4) is 0 Å². The molecule has 0 bridgehead atoms. The number of benzene rings is 1. The van der Waals surface area contributed by atoms with Gasteiger partial charge < -0.3 is 15.2 Å². The minimum atomic E-state index is -0.0178. The number of aryl methyl sites for hydroxylation is 2. The van der Waals surface area contributed by atoms with Crippen LogP contribution in [0, 0.1) is 6.92 Å². The Labute approximate surface area is 119 Å². The average Bonchev–Trinajstić information content (AvgIpc) is 2.96. The molecule has 0 aliphatic heterocycles. The summed E-state index contributed by atoms with van der Waals surface area (Å²) in [4.78, 5) is 16.1. The number of imidazole rings is 1. The number of rotatable bonds is 6. The van der Waals surface area contributed by atoms with Crippen molar-refractivity contribution in [3.05, 3.63) is 48.0 Å². The maximum absolute atomic E-state index is 12.1. The lowest BCUT2D eigenvalue weighted by Crippen LogP contribution is -2.25. The molecule has 0 aliphatic rings. The molecule has 2 aromatic rings. The summed E-state index contributed by atoms with van der Waals surface area (Å²) >= 11 is 0. The van der Waals surface area contributed by atoms with Gasteiger partial charge in [-0.25, -0.2) is 4.98 Å². The summed E-state index contributed by atoms with van der Waals surface area (Å²) in [5.74, 6) is -0.0178. The van der Waals surface area contributed by atoms with E-state index in [0.29, 0.717) is 6.54 Å². The van der Waals surface area contributed by atoms with Gasteiger partial charge in [-0.3, -0.25) is 4.79 Å². The van der Waals surface area contributed by atoms with E-state index in [-0.39, 0.29) is 5.91 Å². The number of nitrogens with one attached hydrogen (secondary N) is 2. The monoisotopic (exact) mass is 272 g/mol. The smallest absolute Gasteiger partial charge is 0.251 e. The quantitative estimate of drug-likeness (QED) is 0.791. The molecule has 0 spiro atoms. The fraction of sp³-hybridized carbons (Fsp3) is 0.333. The number of amides is 1. The first kappa shape index (κ1) is 14.1.